The number of nitrogens with one attached hydrogen (secondary N) is 1. The van der Waals surface area contributed by atoms with Crippen LogP contribution in [0.5, 0.6) is 5.75 Å². The second kappa shape index (κ2) is 7.71. The lowest BCUT2D eigenvalue weighted by Crippen LogP contribution is -2.34. The summed E-state index contributed by atoms with van der Waals surface area (Å²) in [5, 5.41) is 4.50. The molecule has 3 aromatic rings. The lowest BCUT2D eigenvalue weighted by molar-refractivity contribution is 0.0942. The Labute approximate surface area is 167 Å². The fourth-order valence-corrected chi connectivity index (χ4v) is 4.36. The summed E-state index contributed by atoms with van der Waals surface area (Å²) < 4.78 is 5.80. The van der Waals surface area contributed by atoms with Gasteiger partial charge in [0.1, 0.15) is 15.6 Å². The van der Waals surface area contributed by atoms with E-state index < -0.39 is 0 Å². The van der Waals surface area contributed by atoms with E-state index in [1.54, 1.807) is 0 Å². The van der Waals surface area contributed by atoms with E-state index in [2.05, 4.69) is 16.4 Å². The Morgan fingerprint density at radius 3 is 3.00 bits per heavy atom. The van der Waals surface area contributed by atoms with Crippen molar-refractivity contribution in [3.63, 3.8) is 0 Å². The van der Waals surface area contributed by atoms with Gasteiger partial charge in [0.2, 0.25) is 0 Å². The van der Waals surface area contributed by atoms with Crippen LogP contribution >= 0.6 is 22.9 Å². The number of halogens is 1. The summed E-state index contributed by atoms with van der Waals surface area (Å²) in [5.41, 5.74) is 2.85. The quantitative estimate of drug-likeness (QED) is 0.689. The number of ether oxygens (including phenoxy) is 1. The summed E-state index contributed by atoms with van der Waals surface area (Å²) in [6, 6.07) is 15.6. The second-order valence-electron chi connectivity index (χ2n) is 6.64. The number of carbonyl (C=O) groups excluding carboxylic acids is 1. The molecule has 0 aliphatic carbocycles. The number of nitrogens with zero attached hydrogens (tertiary/aromatic N) is 1. The van der Waals surface area contributed by atoms with Crippen LogP contribution in [0.25, 0.3) is 10.6 Å². The molecule has 1 amide bonds. The van der Waals surface area contributed by atoms with Crippen molar-refractivity contribution >= 4 is 28.8 Å². The number of aromatic nitrogens is 1. The van der Waals surface area contributed by atoms with Crippen LogP contribution in [0.15, 0.2) is 48.5 Å². The third-order valence-electron chi connectivity index (χ3n) is 4.58. The molecule has 1 aliphatic rings. The largest absolute Gasteiger partial charge is 0.493 e. The van der Waals surface area contributed by atoms with Gasteiger partial charge in [0, 0.05) is 23.0 Å². The zero-order chi connectivity index (χ0) is 18.8. The van der Waals surface area contributed by atoms with Crippen molar-refractivity contribution in [3.8, 4) is 16.3 Å². The highest BCUT2D eigenvalue weighted by atomic mass is 35.5. The minimum Gasteiger partial charge on any atom is -0.493 e. The Kier molecular flexibility index (Phi) is 5.14. The molecule has 0 radical (unpaired) electrons. The highest BCUT2D eigenvalue weighted by molar-refractivity contribution is 7.17. The van der Waals surface area contributed by atoms with Crippen LogP contribution in [0.4, 0.5) is 0 Å². The Morgan fingerprint density at radius 1 is 1.30 bits per heavy atom. The molecule has 6 heteroatoms. The Hall–Kier alpha value is -2.37. The minimum atomic E-state index is -0.0860. The molecule has 0 fully saturated rings. The van der Waals surface area contributed by atoms with Gasteiger partial charge >= 0.3 is 0 Å². The van der Waals surface area contributed by atoms with E-state index in [0.717, 1.165) is 28.4 Å². The molecule has 0 spiro atoms. The summed E-state index contributed by atoms with van der Waals surface area (Å²) in [5.74, 6) is 1.13. The molecule has 0 saturated heterocycles. The molecule has 4 rings (SSSR count). The number of hydrogen-bond donors (Lipinski definition) is 1. The van der Waals surface area contributed by atoms with Gasteiger partial charge < -0.3 is 10.1 Å². The van der Waals surface area contributed by atoms with Gasteiger partial charge in [0.15, 0.2) is 0 Å². The van der Waals surface area contributed by atoms with Crippen LogP contribution in [0.2, 0.25) is 5.02 Å². The standard InChI is InChI=1S/C21H19ClN2O2S/c1-13-19(27-21(24-13)16-6-4-7-17(22)10-16)20(25)23-11-14-9-15-5-2-3-8-18(15)26-12-14/h2-8,10,14H,9,11-12H2,1H3,(H,23,25). The maximum Gasteiger partial charge on any atom is 0.263 e. The number of hydrogen-bond acceptors (Lipinski definition) is 4. The predicted octanol–water partition coefficient (Wildman–Crippen LogP) is 4.75. The number of amides is 1. The molecule has 27 heavy (non-hydrogen) atoms. The number of aryl methyl sites for hydroxylation is 1. The van der Waals surface area contributed by atoms with Crippen molar-refractivity contribution in [1.29, 1.82) is 0 Å². The van der Waals surface area contributed by atoms with Gasteiger partial charge in [-0.25, -0.2) is 4.98 Å². The lowest BCUT2D eigenvalue weighted by atomic mass is 9.97. The first kappa shape index (κ1) is 18.0. The summed E-state index contributed by atoms with van der Waals surface area (Å²) in [7, 11) is 0. The summed E-state index contributed by atoms with van der Waals surface area (Å²) in [4.78, 5) is 17.8. The van der Waals surface area contributed by atoms with E-state index >= 15 is 0 Å². The van der Waals surface area contributed by atoms with E-state index in [4.69, 9.17) is 16.3 Å². The predicted molar refractivity (Wildman–Crippen MR) is 109 cm³/mol. The molecule has 2 heterocycles. The topological polar surface area (TPSA) is 51.2 Å². The van der Waals surface area contributed by atoms with Crippen molar-refractivity contribution in [2.24, 2.45) is 5.92 Å². The van der Waals surface area contributed by atoms with Crippen molar-refractivity contribution in [3.05, 3.63) is 69.7 Å². The molecular formula is C21H19ClN2O2S. The fraction of sp³-hybridized carbons (Fsp3) is 0.238. The van der Waals surface area contributed by atoms with Crippen LogP contribution in [-0.2, 0) is 6.42 Å². The minimum absolute atomic E-state index is 0.0860. The number of carbonyl (C=O) groups is 1. The number of benzene rings is 2. The van der Waals surface area contributed by atoms with E-state index in [9.17, 15) is 4.79 Å². The molecule has 4 nitrogen and oxygen atoms in total. The first-order chi connectivity index (χ1) is 13.1. The van der Waals surface area contributed by atoms with E-state index in [1.165, 1.54) is 16.9 Å². The van der Waals surface area contributed by atoms with Gasteiger partial charge in [-0.3, -0.25) is 4.79 Å². The van der Waals surface area contributed by atoms with Crippen molar-refractivity contribution in [2.45, 2.75) is 13.3 Å². The molecule has 1 atom stereocenters. The molecule has 138 valence electrons. The smallest absolute Gasteiger partial charge is 0.263 e. The Bertz CT molecular complexity index is 986. The fourth-order valence-electron chi connectivity index (χ4n) is 3.19. The van der Waals surface area contributed by atoms with Gasteiger partial charge in [-0.1, -0.05) is 41.9 Å². The lowest BCUT2D eigenvalue weighted by Gasteiger charge is -2.25. The number of thiazole rings is 1. The monoisotopic (exact) mass is 398 g/mol. The summed E-state index contributed by atoms with van der Waals surface area (Å²) in [6.07, 6.45) is 0.909. The van der Waals surface area contributed by atoms with Crippen LogP contribution in [0.3, 0.4) is 0 Å². The summed E-state index contributed by atoms with van der Waals surface area (Å²) >= 11 is 7.45. The van der Waals surface area contributed by atoms with Crippen LogP contribution in [0.1, 0.15) is 20.9 Å². The first-order valence-corrected chi connectivity index (χ1v) is 10.0. The van der Waals surface area contributed by atoms with E-state index in [0.29, 0.717) is 23.1 Å². The molecule has 1 N–H and O–H groups in total. The molecule has 1 aliphatic heterocycles. The van der Waals surface area contributed by atoms with Crippen LogP contribution < -0.4 is 10.1 Å². The molecule has 0 bridgehead atoms. The number of fused-ring (bicyclic) bond motifs is 1. The third kappa shape index (κ3) is 3.99. The number of rotatable bonds is 4. The van der Waals surface area contributed by atoms with Gasteiger partial charge in [0.25, 0.3) is 5.91 Å². The average Bonchev–Trinajstić information content (AvgIpc) is 3.08. The maximum atomic E-state index is 12.7. The molecule has 1 unspecified atom stereocenters. The van der Waals surface area contributed by atoms with Crippen molar-refractivity contribution in [2.75, 3.05) is 13.2 Å². The average molecular weight is 399 g/mol. The Balaban J connectivity index is 1.42. The van der Waals surface area contributed by atoms with Crippen LogP contribution in [0, 0.1) is 12.8 Å². The SMILES string of the molecule is Cc1nc(-c2cccc(Cl)c2)sc1C(=O)NCC1COc2ccccc2C1. The highest BCUT2D eigenvalue weighted by Crippen LogP contribution is 2.30. The summed E-state index contributed by atoms with van der Waals surface area (Å²) in [6.45, 7) is 3.06. The Morgan fingerprint density at radius 2 is 2.15 bits per heavy atom. The van der Waals surface area contributed by atoms with E-state index in [1.807, 2.05) is 49.4 Å². The molecular weight excluding hydrogens is 380 g/mol. The zero-order valence-electron chi connectivity index (χ0n) is 14.9. The van der Waals surface area contributed by atoms with E-state index in [-0.39, 0.29) is 11.8 Å². The first-order valence-electron chi connectivity index (χ1n) is 8.82. The maximum absolute atomic E-state index is 12.7. The van der Waals surface area contributed by atoms with Crippen molar-refractivity contribution in [1.82, 2.24) is 10.3 Å². The highest BCUT2D eigenvalue weighted by Gasteiger charge is 2.22. The molecule has 2 aromatic carbocycles. The van der Waals surface area contributed by atoms with Gasteiger partial charge in [-0.05, 0) is 37.1 Å². The van der Waals surface area contributed by atoms with Gasteiger partial charge in [-0.15, -0.1) is 11.3 Å². The second-order valence-corrected chi connectivity index (χ2v) is 8.08. The van der Waals surface area contributed by atoms with Crippen molar-refractivity contribution < 1.29 is 9.53 Å². The van der Waals surface area contributed by atoms with Crippen LogP contribution in [-0.4, -0.2) is 24.0 Å². The third-order valence-corrected chi connectivity index (χ3v) is 6.02. The normalized spacial score (nSPS) is 15.7. The molecule has 0 saturated carbocycles. The van der Waals surface area contributed by atoms with Gasteiger partial charge in [-0.2, -0.15) is 0 Å². The number of para-hydroxylation sites is 1. The molecule has 1 aromatic heterocycles. The van der Waals surface area contributed by atoms with Gasteiger partial charge in [0.05, 0.1) is 12.3 Å². The zero-order valence-corrected chi connectivity index (χ0v) is 16.4.